The molecule has 2 aromatic rings. The number of nitrogen functional groups attached to an aromatic ring is 1. The number of benzene rings is 1. The van der Waals surface area contributed by atoms with E-state index in [-0.39, 0.29) is 5.84 Å². The van der Waals surface area contributed by atoms with Crippen LogP contribution in [-0.4, -0.2) is 10.8 Å². The zero-order chi connectivity index (χ0) is 12.7. The minimum absolute atomic E-state index is 0.104. The van der Waals surface area contributed by atoms with Crippen LogP contribution in [0.15, 0.2) is 24.3 Å². The van der Waals surface area contributed by atoms with Crippen LogP contribution in [0.5, 0.6) is 0 Å². The molecule has 0 atom stereocenters. The molecule has 3 rings (SSSR count). The third-order valence-electron chi connectivity index (χ3n) is 2.97. The van der Waals surface area contributed by atoms with Crippen molar-refractivity contribution in [1.29, 1.82) is 5.41 Å². The SMILES string of the molecule is N=C(N)c1sc(-c2ccccc2Cl)nc1C1CC1. The molecule has 0 bridgehead atoms. The molecule has 1 aliphatic carbocycles. The highest BCUT2D eigenvalue weighted by Gasteiger charge is 2.30. The molecule has 0 amide bonds. The van der Waals surface area contributed by atoms with E-state index in [9.17, 15) is 0 Å². The van der Waals surface area contributed by atoms with Gasteiger partial charge in [0.15, 0.2) is 0 Å². The lowest BCUT2D eigenvalue weighted by Gasteiger charge is -1.98. The highest BCUT2D eigenvalue weighted by atomic mass is 35.5. The molecule has 0 aliphatic heterocycles. The summed E-state index contributed by atoms with van der Waals surface area (Å²) in [7, 11) is 0. The third-order valence-corrected chi connectivity index (χ3v) is 4.43. The summed E-state index contributed by atoms with van der Waals surface area (Å²) in [5, 5.41) is 9.18. The summed E-state index contributed by atoms with van der Waals surface area (Å²) in [4.78, 5) is 5.44. The Morgan fingerprint density at radius 3 is 2.72 bits per heavy atom. The number of thiazole rings is 1. The minimum atomic E-state index is 0.104. The van der Waals surface area contributed by atoms with Crippen molar-refractivity contribution in [2.45, 2.75) is 18.8 Å². The number of amidine groups is 1. The molecule has 1 aromatic heterocycles. The fourth-order valence-electron chi connectivity index (χ4n) is 1.91. The predicted molar refractivity (Wildman–Crippen MR) is 75.6 cm³/mol. The first kappa shape index (κ1) is 11.7. The van der Waals surface area contributed by atoms with Crippen LogP contribution in [0, 0.1) is 5.41 Å². The molecular formula is C13H12ClN3S. The lowest BCUT2D eigenvalue weighted by Crippen LogP contribution is -2.11. The molecule has 1 aromatic carbocycles. The number of hydrogen-bond donors (Lipinski definition) is 2. The Kier molecular flexibility index (Phi) is 2.84. The second-order valence-electron chi connectivity index (χ2n) is 4.40. The van der Waals surface area contributed by atoms with Gasteiger partial charge in [0.25, 0.3) is 0 Å². The normalized spacial score (nSPS) is 14.7. The van der Waals surface area contributed by atoms with Gasteiger partial charge in [-0.15, -0.1) is 11.3 Å². The van der Waals surface area contributed by atoms with Gasteiger partial charge in [-0.25, -0.2) is 4.98 Å². The van der Waals surface area contributed by atoms with Crippen LogP contribution in [-0.2, 0) is 0 Å². The topological polar surface area (TPSA) is 62.8 Å². The summed E-state index contributed by atoms with van der Waals surface area (Å²) in [5.41, 5.74) is 7.52. The molecule has 0 spiro atoms. The Hall–Kier alpha value is -1.39. The van der Waals surface area contributed by atoms with Gasteiger partial charge in [0.05, 0.1) is 15.6 Å². The molecule has 1 saturated carbocycles. The molecule has 0 radical (unpaired) electrons. The van der Waals surface area contributed by atoms with Crippen molar-refractivity contribution in [1.82, 2.24) is 4.98 Å². The monoisotopic (exact) mass is 277 g/mol. The molecule has 1 heterocycles. The summed E-state index contributed by atoms with van der Waals surface area (Å²) in [6.45, 7) is 0. The van der Waals surface area contributed by atoms with Crippen LogP contribution in [0.25, 0.3) is 10.6 Å². The maximum Gasteiger partial charge on any atom is 0.135 e. The Balaban J connectivity index is 2.11. The molecule has 0 saturated heterocycles. The number of aromatic nitrogens is 1. The summed E-state index contributed by atoms with van der Waals surface area (Å²) < 4.78 is 0. The molecule has 18 heavy (non-hydrogen) atoms. The van der Waals surface area contributed by atoms with E-state index in [1.54, 1.807) is 0 Å². The van der Waals surface area contributed by atoms with Gasteiger partial charge in [-0.1, -0.05) is 29.8 Å². The van der Waals surface area contributed by atoms with Crippen LogP contribution < -0.4 is 5.73 Å². The summed E-state index contributed by atoms with van der Waals surface area (Å²) in [6, 6.07) is 7.63. The molecule has 3 N–H and O–H groups in total. The van der Waals surface area contributed by atoms with Crippen molar-refractivity contribution >= 4 is 28.8 Å². The predicted octanol–water partition coefficient (Wildman–Crippen LogP) is 3.62. The van der Waals surface area contributed by atoms with E-state index in [2.05, 4.69) is 4.98 Å². The standard InChI is InChI=1S/C13H12ClN3S/c14-9-4-2-1-3-8(9)13-17-10(7-5-6-7)11(18-13)12(15)16/h1-4,7H,5-6H2,(H3,15,16). The Morgan fingerprint density at radius 1 is 1.39 bits per heavy atom. The lowest BCUT2D eigenvalue weighted by atomic mass is 10.2. The number of nitrogens with one attached hydrogen (secondary N) is 1. The fraction of sp³-hybridized carbons (Fsp3) is 0.231. The van der Waals surface area contributed by atoms with E-state index in [1.807, 2.05) is 24.3 Å². The minimum Gasteiger partial charge on any atom is -0.383 e. The van der Waals surface area contributed by atoms with Crippen molar-refractivity contribution in [3.05, 3.63) is 39.9 Å². The first-order valence-corrected chi connectivity index (χ1v) is 6.96. The van der Waals surface area contributed by atoms with Crippen LogP contribution in [0.4, 0.5) is 0 Å². The fourth-order valence-corrected chi connectivity index (χ4v) is 3.24. The van der Waals surface area contributed by atoms with Gasteiger partial charge in [-0.2, -0.15) is 0 Å². The Morgan fingerprint density at radius 2 is 2.11 bits per heavy atom. The zero-order valence-corrected chi connectivity index (χ0v) is 11.2. The molecule has 5 heteroatoms. The van der Waals surface area contributed by atoms with Crippen LogP contribution in [0.3, 0.4) is 0 Å². The second kappa shape index (κ2) is 4.37. The van der Waals surface area contributed by atoms with Gasteiger partial charge in [0, 0.05) is 11.5 Å². The van der Waals surface area contributed by atoms with Crippen LogP contribution in [0.1, 0.15) is 29.3 Å². The number of nitrogens with two attached hydrogens (primary N) is 1. The number of rotatable bonds is 3. The maximum atomic E-state index is 7.64. The lowest BCUT2D eigenvalue weighted by molar-refractivity contribution is 1.05. The Labute approximate surface area is 114 Å². The van der Waals surface area contributed by atoms with Crippen molar-refractivity contribution in [3.8, 4) is 10.6 Å². The molecular weight excluding hydrogens is 266 g/mol. The average Bonchev–Trinajstić information content (AvgIpc) is 3.09. The molecule has 0 unspecified atom stereocenters. The van der Waals surface area contributed by atoms with Crippen molar-refractivity contribution in [2.24, 2.45) is 5.73 Å². The summed E-state index contributed by atoms with van der Waals surface area (Å²) in [5.74, 6) is 0.587. The molecule has 1 fully saturated rings. The van der Waals surface area contributed by atoms with Gasteiger partial charge >= 0.3 is 0 Å². The van der Waals surface area contributed by atoms with E-state index < -0.39 is 0 Å². The first-order chi connectivity index (χ1) is 8.66. The smallest absolute Gasteiger partial charge is 0.135 e. The largest absolute Gasteiger partial charge is 0.383 e. The highest BCUT2D eigenvalue weighted by molar-refractivity contribution is 7.17. The van der Waals surface area contributed by atoms with Crippen molar-refractivity contribution < 1.29 is 0 Å². The second-order valence-corrected chi connectivity index (χ2v) is 5.81. The Bertz CT molecular complexity index is 616. The van der Waals surface area contributed by atoms with E-state index in [4.69, 9.17) is 22.7 Å². The first-order valence-electron chi connectivity index (χ1n) is 5.77. The number of halogens is 1. The summed E-state index contributed by atoms with van der Waals surface area (Å²) >= 11 is 7.63. The maximum absolute atomic E-state index is 7.64. The van der Waals surface area contributed by atoms with Gasteiger partial charge in [0.1, 0.15) is 10.8 Å². The van der Waals surface area contributed by atoms with E-state index >= 15 is 0 Å². The molecule has 3 nitrogen and oxygen atoms in total. The zero-order valence-electron chi connectivity index (χ0n) is 9.61. The molecule has 1 aliphatic rings. The van der Waals surface area contributed by atoms with Crippen LogP contribution in [0.2, 0.25) is 5.02 Å². The average molecular weight is 278 g/mol. The van der Waals surface area contributed by atoms with E-state index in [0.717, 1.165) is 34.0 Å². The van der Waals surface area contributed by atoms with Gasteiger partial charge in [0.2, 0.25) is 0 Å². The highest BCUT2D eigenvalue weighted by Crippen LogP contribution is 2.44. The van der Waals surface area contributed by atoms with Crippen molar-refractivity contribution in [2.75, 3.05) is 0 Å². The van der Waals surface area contributed by atoms with Crippen molar-refractivity contribution in [3.63, 3.8) is 0 Å². The summed E-state index contributed by atoms with van der Waals surface area (Å²) in [6.07, 6.45) is 2.29. The van der Waals surface area contributed by atoms with Gasteiger partial charge in [-0.3, -0.25) is 5.41 Å². The number of hydrogen-bond acceptors (Lipinski definition) is 3. The third kappa shape index (κ3) is 2.02. The van der Waals surface area contributed by atoms with Gasteiger partial charge < -0.3 is 5.73 Å². The quantitative estimate of drug-likeness (QED) is 0.665. The number of nitrogens with zero attached hydrogens (tertiary/aromatic N) is 1. The van der Waals surface area contributed by atoms with Gasteiger partial charge in [-0.05, 0) is 18.9 Å². The van der Waals surface area contributed by atoms with Crippen LogP contribution >= 0.6 is 22.9 Å². The molecule has 92 valence electrons. The van der Waals surface area contributed by atoms with E-state index in [1.165, 1.54) is 11.3 Å². The van der Waals surface area contributed by atoms with E-state index in [0.29, 0.717) is 10.9 Å².